The molecule has 1 aliphatic rings. The summed E-state index contributed by atoms with van der Waals surface area (Å²) in [5, 5.41) is 4.27. The van der Waals surface area contributed by atoms with E-state index in [0.717, 1.165) is 41.3 Å². The van der Waals surface area contributed by atoms with E-state index in [9.17, 15) is 4.79 Å². The molecule has 26 heavy (non-hydrogen) atoms. The summed E-state index contributed by atoms with van der Waals surface area (Å²) in [5.74, 6) is -0.0601. The molecule has 4 nitrogen and oxygen atoms in total. The minimum absolute atomic E-state index is 0.0601. The van der Waals surface area contributed by atoms with Crippen molar-refractivity contribution in [2.45, 2.75) is 44.6 Å². The van der Waals surface area contributed by atoms with Crippen molar-refractivity contribution < 1.29 is 4.79 Å². The minimum atomic E-state index is -0.0601. The molecular weight excluding hydrogens is 322 g/mol. The molecule has 1 saturated carbocycles. The third-order valence-electron chi connectivity index (χ3n) is 5.09. The molecule has 0 atom stereocenters. The van der Waals surface area contributed by atoms with Gasteiger partial charge in [0.2, 0.25) is 0 Å². The van der Waals surface area contributed by atoms with Gasteiger partial charge in [0.25, 0.3) is 5.91 Å². The standard InChI is InChI=1S/C22H23N3O/c26-22(24-18-8-2-1-3-9-18)21-14-17(13-16-7-6-12-23-15-16)19-10-4-5-11-20(19)25-21/h4-7,10-12,14-15,18H,1-3,8-9,13H2,(H,24,26). The van der Waals surface area contributed by atoms with Crippen molar-refractivity contribution in [3.8, 4) is 0 Å². The van der Waals surface area contributed by atoms with Crippen LogP contribution in [0.5, 0.6) is 0 Å². The van der Waals surface area contributed by atoms with Gasteiger partial charge in [0.1, 0.15) is 5.69 Å². The van der Waals surface area contributed by atoms with E-state index in [1.807, 2.05) is 36.5 Å². The van der Waals surface area contributed by atoms with Crippen molar-refractivity contribution in [1.29, 1.82) is 0 Å². The Kier molecular flexibility index (Phi) is 4.91. The SMILES string of the molecule is O=C(NC1CCCCC1)c1cc(Cc2cccnc2)c2ccccc2n1. The van der Waals surface area contributed by atoms with Crippen molar-refractivity contribution in [2.75, 3.05) is 0 Å². The highest BCUT2D eigenvalue weighted by molar-refractivity contribution is 5.96. The van der Waals surface area contributed by atoms with Crippen LogP contribution in [-0.4, -0.2) is 21.9 Å². The van der Waals surface area contributed by atoms with Gasteiger partial charge in [-0.1, -0.05) is 43.5 Å². The molecule has 1 N–H and O–H groups in total. The molecule has 4 heteroatoms. The summed E-state index contributed by atoms with van der Waals surface area (Å²) in [6.45, 7) is 0. The number of aromatic nitrogens is 2. The summed E-state index contributed by atoms with van der Waals surface area (Å²) in [7, 11) is 0. The minimum Gasteiger partial charge on any atom is -0.348 e. The summed E-state index contributed by atoms with van der Waals surface area (Å²) in [5.41, 5.74) is 3.61. The fourth-order valence-corrected chi connectivity index (χ4v) is 3.74. The Morgan fingerprint density at radius 2 is 1.92 bits per heavy atom. The summed E-state index contributed by atoms with van der Waals surface area (Å²) in [6.07, 6.45) is 10.2. The van der Waals surface area contributed by atoms with E-state index in [1.165, 1.54) is 19.3 Å². The summed E-state index contributed by atoms with van der Waals surface area (Å²) in [4.78, 5) is 21.6. The average Bonchev–Trinajstić information content (AvgIpc) is 2.69. The highest BCUT2D eigenvalue weighted by Gasteiger charge is 2.18. The van der Waals surface area contributed by atoms with Crippen molar-refractivity contribution >= 4 is 16.8 Å². The number of para-hydroxylation sites is 1. The van der Waals surface area contributed by atoms with Gasteiger partial charge < -0.3 is 5.32 Å². The van der Waals surface area contributed by atoms with E-state index < -0.39 is 0 Å². The van der Waals surface area contributed by atoms with Gasteiger partial charge in [-0.05, 0) is 48.6 Å². The van der Waals surface area contributed by atoms with E-state index in [0.29, 0.717) is 5.69 Å². The van der Waals surface area contributed by atoms with Crippen LogP contribution in [0.2, 0.25) is 0 Å². The largest absolute Gasteiger partial charge is 0.348 e. The first-order valence-corrected chi connectivity index (χ1v) is 9.38. The normalized spacial score (nSPS) is 15.1. The van der Waals surface area contributed by atoms with Crippen LogP contribution in [0.4, 0.5) is 0 Å². The first-order valence-electron chi connectivity index (χ1n) is 9.38. The first-order chi connectivity index (χ1) is 12.8. The van der Waals surface area contributed by atoms with E-state index in [1.54, 1.807) is 6.20 Å². The Bertz CT molecular complexity index is 902. The Balaban J connectivity index is 1.65. The van der Waals surface area contributed by atoms with Gasteiger partial charge in [-0.3, -0.25) is 9.78 Å². The smallest absolute Gasteiger partial charge is 0.270 e. The van der Waals surface area contributed by atoms with Crippen molar-refractivity contribution in [3.05, 3.63) is 71.7 Å². The first kappa shape index (κ1) is 16.7. The molecule has 1 aliphatic carbocycles. The number of pyridine rings is 2. The number of carbonyl (C=O) groups is 1. The molecule has 1 fully saturated rings. The number of nitrogens with zero attached hydrogens (tertiary/aromatic N) is 2. The molecule has 2 aromatic heterocycles. The van der Waals surface area contributed by atoms with E-state index >= 15 is 0 Å². The van der Waals surface area contributed by atoms with E-state index in [-0.39, 0.29) is 11.9 Å². The number of carbonyl (C=O) groups excluding carboxylic acids is 1. The molecule has 0 radical (unpaired) electrons. The van der Waals surface area contributed by atoms with Crippen LogP contribution in [0.15, 0.2) is 54.9 Å². The summed E-state index contributed by atoms with van der Waals surface area (Å²) >= 11 is 0. The molecule has 4 rings (SSSR count). The van der Waals surface area contributed by atoms with Gasteiger partial charge in [-0.2, -0.15) is 0 Å². The van der Waals surface area contributed by atoms with Gasteiger partial charge in [0.05, 0.1) is 5.52 Å². The zero-order valence-corrected chi connectivity index (χ0v) is 14.8. The number of hydrogen-bond acceptors (Lipinski definition) is 3. The summed E-state index contributed by atoms with van der Waals surface area (Å²) < 4.78 is 0. The summed E-state index contributed by atoms with van der Waals surface area (Å²) in [6, 6.07) is 14.2. The van der Waals surface area contributed by atoms with Crippen LogP contribution < -0.4 is 5.32 Å². The van der Waals surface area contributed by atoms with E-state index in [4.69, 9.17) is 0 Å². The fraction of sp³-hybridized carbons (Fsp3) is 0.318. The number of fused-ring (bicyclic) bond motifs is 1. The lowest BCUT2D eigenvalue weighted by Gasteiger charge is -2.22. The Morgan fingerprint density at radius 3 is 2.73 bits per heavy atom. The Labute approximate surface area is 153 Å². The lowest BCUT2D eigenvalue weighted by Crippen LogP contribution is -2.36. The maximum Gasteiger partial charge on any atom is 0.270 e. The lowest BCUT2D eigenvalue weighted by molar-refractivity contribution is 0.0923. The van der Waals surface area contributed by atoms with Crippen LogP contribution in [0.3, 0.4) is 0 Å². The van der Waals surface area contributed by atoms with Crippen molar-refractivity contribution in [3.63, 3.8) is 0 Å². The average molecular weight is 345 g/mol. The number of benzene rings is 1. The molecule has 3 aromatic rings. The van der Waals surface area contributed by atoms with Gasteiger partial charge in [-0.25, -0.2) is 4.98 Å². The van der Waals surface area contributed by atoms with Crippen LogP contribution in [0.25, 0.3) is 10.9 Å². The fourth-order valence-electron chi connectivity index (χ4n) is 3.74. The van der Waals surface area contributed by atoms with Crippen molar-refractivity contribution in [2.24, 2.45) is 0 Å². The zero-order valence-electron chi connectivity index (χ0n) is 14.8. The maximum absolute atomic E-state index is 12.8. The van der Waals surface area contributed by atoms with Crippen LogP contribution >= 0.6 is 0 Å². The van der Waals surface area contributed by atoms with Gasteiger partial charge in [0, 0.05) is 23.8 Å². The van der Waals surface area contributed by atoms with Crippen LogP contribution in [0, 0.1) is 0 Å². The monoisotopic (exact) mass is 345 g/mol. The third-order valence-corrected chi connectivity index (χ3v) is 5.09. The van der Waals surface area contributed by atoms with Gasteiger partial charge in [-0.15, -0.1) is 0 Å². The van der Waals surface area contributed by atoms with E-state index in [2.05, 4.69) is 27.4 Å². The number of amides is 1. The predicted molar refractivity (Wildman–Crippen MR) is 103 cm³/mol. The molecule has 1 aromatic carbocycles. The molecule has 1 amide bonds. The molecule has 0 bridgehead atoms. The van der Waals surface area contributed by atoms with Crippen LogP contribution in [0.1, 0.15) is 53.7 Å². The molecule has 2 heterocycles. The Hall–Kier alpha value is -2.75. The van der Waals surface area contributed by atoms with Crippen molar-refractivity contribution in [1.82, 2.24) is 15.3 Å². The molecule has 0 aliphatic heterocycles. The molecule has 132 valence electrons. The number of hydrogen-bond donors (Lipinski definition) is 1. The van der Waals surface area contributed by atoms with Gasteiger partial charge in [0.15, 0.2) is 0 Å². The second-order valence-electron chi connectivity index (χ2n) is 7.03. The second-order valence-corrected chi connectivity index (χ2v) is 7.03. The highest BCUT2D eigenvalue weighted by atomic mass is 16.1. The molecule has 0 unspecified atom stereocenters. The Morgan fingerprint density at radius 1 is 1.08 bits per heavy atom. The van der Waals surface area contributed by atoms with Gasteiger partial charge >= 0.3 is 0 Å². The molecule has 0 saturated heterocycles. The number of nitrogens with one attached hydrogen (secondary N) is 1. The second kappa shape index (κ2) is 7.65. The predicted octanol–water partition coefficient (Wildman–Crippen LogP) is 4.28. The molecular formula is C22H23N3O. The topological polar surface area (TPSA) is 54.9 Å². The third kappa shape index (κ3) is 3.74. The van der Waals surface area contributed by atoms with Crippen LogP contribution in [-0.2, 0) is 6.42 Å². The quantitative estimate of drug-likeness (QED) is 0.768. The highest BCUT2D eigenvalue weighted by Crippen LogP contribution is 2.22. The number of rotatable bonds is 4. The lowest BCUT2D eigenvalue weighted by atomic mass is 9.95. The molecule has 0 spiro atoms. The maximum atomic E-state index is 12.8. The zero-order chi connectivity index (χ0) is 17.8.